The van der Waals surface area contributed by atoms with Gasteiger partial charge in [0.25, 0.3) is 11.8 Å². The van der Waals surface area contributed by atoms with Crippen molar-refractivity contribution in [1.82, 2.24) is 4.90 Å². The van der Waals surface area contributed by atoms with E-state index in [1.54, 1.807) is 20.8 Å². The number of nitrogens with zero attached hydrogens (tertiary/aromatic N) is 1. The zero-order valence-electron chi connectivity index (χ0n) is 10.9. The Balaban J connectivity index is 3.14. The Labute approximate surface area is 106 Å². The molecule has 1 heterocycles. The summed E-state index contributed by atoms with van der Waals surface area (Å²) in [5.74, 6) is -1.51. The zero-order chi connectivity index (χ0) is 13.9. The molecule has 1 aliphatic rings. The topological polar surface area (TPSA) is 89.7 Å². The first-order valence-electron chi connectivity index (χ1n) is 5.87. The Bertz CT molecular complexity index is 416. The molecule has 0 aliphatic carbocycles. The third-order valence-corrected chi connectivity index (χ3v) is 2.92. The van der Waals surface area contributed by atoms with Crippen molar-refractivity contribution in [3.63, 3.8) is 0 Å². The van der Waals surface area contributed by atoms with Gasteiger partial charge in [-0.15, -0.1) is 0 Å². The van der Waals surface area contributed by atoms with E-state index in [0.717, 1.165) is 4.90 Å². The van der Waals surface area contributed by atoms with Crippen LogP contribution in [-0.4, -0.2) is 35.0 Å². The van der Waals surface area contributed by atoms with Crippen LogP contribution in [0.2, 0.25) is 0 Å². The summed E-state index contributed by atoms with van der Waals surface area (Å²) in [4.78, 5) is 36.0. The van der Waals surface area contributed by atoms with Crippen LogP contribution in [0.15, 0.2) is 11.6 Å². The highest BCUT2D eigenvalue weighted by atomic mass is 16.5. The molecule has 0 fully saturated rings. The van der Waals surface area contributed by atoms with Crippen LogP contribution in [-0.2, 0) is 19.1 Å². The van der Waals surface area contributed by atoms with Crippen molar-refractivity contribution in [1.29, 1.82) is 0 Å². The molecule has 0 aromatic heterocycles. The predicted molar refractivity (Wildman–Crippen MR) is 64.1 cm³/mol. The minimum atomic E-state index is -1.27. The highest BCUT2D eigenvalue weighted by Gasteiger charge is 2.46. The zero-order valence-corrected chi connectivity index (χ0v) is 10.9. The molecule has 0 saturated heterocycles. The molecule has 0 aromatic carbocycles. The minimum absolute atomic E-state index is 0.198. The van der Waals surface area contributed by atoms with Crippen LogP contribution in [0.1, 0.15) is 33.6 Å². The van der Waals surface area contributed by atoms with Crippen LogP contribution in [0.3, 0.4) is 0 Å². The number of ether oxygens (including phenoxy) is 1. The number of hydrogen-bond donors (Lipinski definition) is 1. The predicted octanol–water partition coefficient (Wildman–Crippen LogP) is 0.320. The number of carbonyl (C=O) groups is 3. The Morgan fingerprint density at radius 3 is 2.39 bits per heavy atom. The van der Waals surface area contributed by atoms with E-state index in [4.69, 9.17) is 10.5 Å². The number of carbonyl (C=O) groups excluding carboxylic acids is 3. The fourth-order valence-corrected chi connectivity index (χ4v) is 2.09. The summed E-state index contributed by atoms with van der Waals surface area (Å²) >= 11 is 0. The number of hydrogen-bond acceptors (Lipinski definition) is 4. The lowest BCUT2D eigenvalue weighted by molar-refractivity contribution is -0.181. The second-order valence-electron chi connectivity index (χ2n) is 4.18. The summed E-state index contributed by atoms with van der Waals surface area (Å²) in [5, 5.41) is 0. The van der Waals surface area contributed by atoms with E-state index in [2.05, 4.69) is 0 Å². The van der Waals surface area contributed by atoms with Gasteiger partial charge in [0.05, 0.1) is 6.42 Å². The second kappa shape index (κ2) is 5.30. The van der Waals surface area contributed by atoms with Crippen molar-refractivity contribution in [3.05, 3.63) is 11.6 Å². The highest BCUT2D eigenvalue weighted by molar-refractivity contribution is 6.16. The highest BCUT2D eigenvalue weighted by Crippen LogP contribution is 2.30. The van der Waals surface area contributed by atoms with Crippen LogP contribution >= 0.6 is 0 Å². The Morgan fingerprint density at radius 2 is 2.06 bits per heavy atom. The van der Waals surface area contributed by atoms with E-state index in [0.29, 0.717) is 12.0 Å². The number of imide groups is 1. The summed E-state index contributed by atoms with van der Waals surface area (Å²) in [6.07, 6.45) is 1.35. The molecule has 3 amide bonds. The average Bonchev–Trinajstić information content (AvgIpc) is 2.52. The van der Waals surface area contributed by atoms with Gasteiger partial charge in [0.15, 0.2) is 5.72 Å². The van der Waals surface area contributed by atoms with E-state index in [1.165, 1.54) is 6.08 Å². The van der Waals surface area contributed by atoms with E-state index < -0.39 is 23.4 Å². The molecule has 2 N–H and O–H groups in total. The molecule has 1 atom stereocenters. The third kappa shape index (κ3) is 2.43. The van der Waals surface area contributed by atoms with Crippen molar-refractivity contribution in [3.8, 4) is 0 Å². The molecule has 0 radical (unpaired) electrons. The van der Waals surface area contributed by atoms with Crippen LogP contribution < -0.4 is 5.73 Å². The Morgan fingerprint density at radius 1 is 1.44 bits per heavy atom. The number of rotatable bonds is 6. The third-order valence-electron chi connectivity index (χ3n) is 2.92. The van der Waals surface area contributed by atoms with Crippen LogP contribution in [0.4, 0.5) is 0 Å². The molecule has 0 aromatic rings. The molecular weight excluding hydrogens is 236 g/mol. The molecule has 1 rings (SSSR count). The van der Waals surface area contributed by atoms with Crippen LogP contribution in [0.5, 0.6) is 0 Å². The van der Waals surface area contributed by atoms with E-state index in [1.807, 2.05) is 0 Å². The molecular formula is C12H18N2O4. The fourth-order valence-electron chi connectivity index (χ4n) is 2.09. The average molecular weight is 254 g/mol. The number of nitrogens with two attached hydrogens (primary N) is 1. The maximum Gasteiger partial charge on any atom is 0.258 e. The molecule has 0 bridgehead atoms. The lowest BCUT2D eigenvalue weighted by Crippen LogP contribution is -2.55. The van der Waals surface area contributed by atoms with Gasteiger partial charge in [-0.3, -0.25) is 14.4 Å². The summed E-state index contributed by atoms with van der Waals surface area (Å²) in [6, 6.07) is 0. The number of amides is 3. The van der Waals surface area contributed by atoms with Gasteiger partial charge < -0.3 is 10.5 Å². The van der Waals surface area contributed by atoms with Crippen molar-refractivity contribution in [2.75, 3.05) is 6.61 Å². The molecule has 1 unspecified atom stereocenters. The smallest absolute Gasteiger partial charge is 0.258 e. The molecule has 6 nitrogen and oxygen atoms in total. The Kier molecular flexibility index (Phi) is 4.24. The summed E-state index contributed by atoms with van der Waals surface area (Å²) < 4.78 is 5.51. The number of primary amides is 1. The summed E-state index contributed by atoms with van der Waals surface area (Å²) in [5.41, 5.74) is 4.25. The maximum atomic E-state index is 12.0. The minimum Gasteiger partial charge on any atom is -0.370 e. The quantitative estimate of drug-likeness (QED) is 0.691. The first kappa shape index (κ1) is 14.4. The lowest BCUT2D eigenvalue weighted by atomic mass is 10.0. The summed E-state index contributed by atoms with van der Waals surface area (Å²) in [6.45, 7) is 5.30. The van der Waals surface area contributed by atoms with Crippen molar-refractivity contribution in [2.45, 2.75) is 39.3 Å². The van der Waals surface area contributed by atoms with Gasteiger partial charge in [-0.05, 0) is 20.3 Å². The van der Waals surface area contributed by atoms with Gasteiger partial charge in [0.1, 0.15) is 0 Å². The Hall–Kier alpha value is -1.69. The van der Waals surface area contributed by atoms with Crippen LogP contribution in [0.25, 0.3) is 0 Å². The monoisotopic (exact) mass is 254 g/mol. The largest absolute Gasteiger partial charge is 0.370 e. The fraction of sp³-hybridized carbons (Fsp3) is 0.583. The standard InChI is InChI=1S/C12H18N2O4/c1-4-12(18-5-2,7-9(13)15)14-10(16)6-8(3)11(14)17/h6H,4-5,7H2,1-3H3,(H2,13,15). The van der Waals surface area contributed by atoms with Gasteiger partial charge in [-0.2, -0.15) is 0 Å². The van der Waals surface area contributed by atoms with Gasteiger partial charge in [0, 0.05) is 18.3 Å². The van der Waals surface area contributed by atoms with Crippen LogP contribution in [0, 0.1) is 0 Å². The summed E-state index contributed by atoms with van der Waals surface area (Å²) in [7, 11) is 0. The normalized spacial score (nSPS) is 18.8. The second-order valence-corrected chi connectivity index (χ2v) is 4.18. The van der Waals surface area contributed by atoms with E-state index in [-0.39, 0.29) is 13.0 Å². The molecule has 6 heteroatoms. The van der Waals surface area contributed by atoms with Gasteiger partial charge in [-0.1, -0.05) is 6.92 Å². The molecule has 0 spiro atoms. The van der Waals surface area contributed by atoms with Gasteiger partial charge in [0.2, 0.25) is 5.91 Å². The van der Waals surface area contributed by atoms with Crippen molar-refractivity contribution >= 4 is 17.7 Å². The van der Waals surface area contributed by atoms with Crippen molar-refractivity contribution in [2.24, 2.45) is 5.73 Å². The molecule has 18 heavy (non-hydrogen) atoms. The first-order chi connectivity index (χ1) is 8.38. The van der Waals surface area contributed by atoms with E-state index in [9.17, 15) is 14.4 Å². The lowest BCUT2D eigenvalue weighted by Gasteiger charge is -2.38. The SMILES string of the molecule is CCOC(CC)(CC(N)=O)N1C(=O)C=C(C)C1=O. The van der Waals surface area contributed by atoms with E-state index >= 15 is 0 Å². The van der Waals surface area contributed by atoms with Gasteiger partial charge >= 0.3 is 0 Å². The van der Waals surface area contributed by atoms with Crippen molar-refractivity contribution < 1.29 is 19.1 Å². The first-order valence-corrected chi connectivity index (χ1v) is 5.87. The molecule has 1 aliphatic heterocycles. The molecule has 0 saturated carbocycles. The maximum absolute atomic E-state index is 12.0. The molecule has 100 valence electrons. The van der Waals surface area contributed by atoms with Gasteiger partial charge in [-0.25, -0.2) is 4.90 Å².